The third-order valence-corrected chi connectivity index (χ3v) is 5.09. The lowest BCUT2D eigenvalue weighted by Crippen LogP contribution is -2.41. The Morgan fingerprint density at radius 1 is 1.35 bits per heavy atom. The molecule has 1 aromatic carbocycles. The summed E-state index contributed by atoms with van der Waals surface area (Å²) < 4.78 is 31.0. The normalized spacial score (nSPS) is 18.0. The van der Waals surface area contributed by atoms with Crippen molar-refractivity contribution in [3.63, 3.8) is 0 Å². The topological polar surface area (TPSA) is 75.7 Å². The minimum Gasteiger partial charge on any atom is -0.368 e. The van der Waals surface area contributed by atoms with E-state index in [1.54, 1.807) is 0 Å². The number of ether oxygens (including phenoxy) is 1. The standard InChI is InChI=1S/C16H24N2O4S/c1-12-6-4-7-13(2)15(12)18(23(3,20)21)10-9-17-16(19)14-8-5-11-22-14/h4,6-7,14H,5,8-11H2,1-3H3,(H,17,19). The zero-order valence-corrected chi connectivity index (χ0v) is 14.6. The molecule has 1 saturated heterocycles. The second-order valence-electron chi connectivity index (χ2n) is 5.87. The quantitative estimate of drug-likeness (QED) is 0.848. The van der Waals surface area contributed by atoms with Gasteiger partial charge in [-0.25, -0.2) is 8.42 Å². The third kappa shape index (κ3) is 4.45. The number of amides is 1. The highest BCUT2D eigenvalue weighted by Gasteiger charge is 2.24. The zero-order valence-electron chi connectivity index (χ0n) is 13.8. The Morgan fingerprint density at radius 3 is 2.52 bits per heavy atom. The predicted molar refractivity (Wildman–Crippen MR) is 90.1 cm³/mol. The molecule has 128 valence electrons. The van der Waals surface area contributed by atoms with E-state index in [1.165, 1.54) is 10.6 Å². The smallest absolute Gasteiger partial charge is 0.249 e. The molecule has 6 nitrogen and oxygen atoms in total. The van der Waals surface area contributed by atoms with Crippen LogP contribution in [0.5, 0.6) is 0 Å². The van der Waals surface area contributed by atoms with E-state index in [9.17, 15) is 13.2 Å². The summed E-state index contributed by atoms with van der Waals surface area (Å²) in [6.45, 7) is 4.81. The molecule has 1 amide bonds. The third-order valence-electron chi connectivity index (χ3n) is 3.93. The van der Waals surface area contributed by atoms with Crippen molar-refractivity contribution in [1.29, 1.82) is 0 Å². The number of benzene rings is 1. The molecule has 0 saturated carbocycles. The number of rotatable bonds is 6. The molecule has 1 aliphatic rings. The Balaban J connectivity index is 2.07. The Labute approximate surface area is 137 Å². The Bertz CT molecular complexity index is 646. The van der Waals surface area contributed by atoms with Gasteiger partial charge in [0.05, 0.1) is 18.5 Å². The lowest BCUT2D eigenvalue weighted by Gasteiger charge is -2.26. The van der Waals surface area contributed by atoms with E-state index in [-0.39, 0.29) is 19.0 Å². The van der Waals surface area contributed by atoms with Gasteiger partial charge in [-0.15, -0.1) is 0 Å². The molecule has 0 aliphatic carbocycles. The number of sulfonamides is 1. The van der Waals surface area contributed by atoms with E-state index >= 15 is 0 Å². The molecular weight excluding hydrogens is 316 g/mol. The van der Waals surface area contributed by atoms with E-state index in [2.05, 4.69) is 5.32 Å². The fourth-order valence-corrected chi connectivity index (χ4v) is 3.86. The molecule has 1 heterocycles. The molecule has 1 fully saturated rings. The number of nitrogens with zero attached hydrogens (tertiary/aromatic N) is 1. The molecule has 0 aromatic heterocycles. The van der Waals surface area contributed by atoms with Crippen LogP contribution in [0.25, 0.3) is 0 Å². The summed E-state index contributed by atoms with van der Waals surface area (Å²) in [5.74, 6) is -0.169. The average Bonchev–Trinajstić information content (AvgIpc) is 2.98. The summed E-state index contributed by atoms with van der Waals surface area (Å²) in [6.07, 6.45) is 2.39. The first kappa shape index (κ1) is 17.7. The van der Waals surface area contributed by atoms with Gasteiger partial charge in [-0.3, -0.25) is 9.10 Å². The van der Waals surface area contributed by atoms with Crippen molar-refractivity contribution in [2.24, 2.45) is 0 Å². The SMILES string of the molecule is Cc1cccc(C)c1N(CCNC(=O)C1CCCO1)S(C)(=O)=O. The average molecular weight is 340 g/mol. The van der Waals surface area contributed by atoms with Gasteiger partial charge < -0.3 is 10.1 Å². The Kier molecular flexibility index (Phi) is 5.64. The first-order chi connectivity index (χ1) is 10.8. The highest BCUT2D eigenvalue weighted by molar-refractivity contribution is 7.92. The highest BCUT2D eigenvalue weighted by atomic mass is 32.2. The number of carbonyl (C=O) groups is 1. The van der Waals surface area contributed by atoms with Crippen LogP contribution in [-0.2, 0) is 19.6 Å². The van der Waals surface area contributed by atoms with Crippen LogP contribution in [0.4, 0.5) is 5.69 Å². The lowest BCUT2D eigenvalue weighted by atomic mass is 10.1. The van der Waals surface area contributed by atoms with Gasteiger partial charge in [0.2, 0.25) is 15.9 Å². The largest absolute Gasteiger partial charge is 0.368 e. The number of anilines is 1. The zero-order chi connectivity index (χ0) is 17.0. The molecule has 1 aromatic rings. The van der Waals surface area contributed by atoms with Crippen molar-refractivity contribution in [3.8, 4) is 0 Å². The number of aryl methyl sites for hydroxylation is 2. The van der Waals surface area contributed by atoms with Crippen LogP contribution >= 0.6 is 0 Å². The van der Waals surface area contributed by atoms with Crippen LogP contribution in [0.15, 0.2) is 18.2 Å². The number of nitrogens with one attached hydrogen (secondary N) is 1. The molecular formula is C16H24N2O4S. The number of carbonyl (C=O) groups excluding carboxylic acids is 1. The van der Waals surface area contributed by atoms with Gasteiger partial charge in [0.1, 0.15) is 6.10 Å². The van der Waals surface area contributed by atoms with E-state index in [0.29, 0.717) is 12.3 Å². The van der Waals surface area contributed by atoms with Crippen molar-refractivity contribution in [1.82, 2.24) is 5.32 Å². The maximum absolute atomic E-state index is 12.2. The maximum atomic E-state index is 12.2. The number of hydrogen-bond donors (Lipinski definition) is 1. The van der Waals surface area contributed by atoms with Gasteiger partial charge in [-0.05, 0) is 37.8 Å². The Morgan fingerprint density at radius 2 is 2.00 bits per heavy atom. The first-order valence-electron chi connectivity index (χ1n) is 7.74. The van der Waals surface area contributed by atoms with Crippen LogP contribution in [0.1, 0.15) is 24.0 Å². The predicted octanol–water partition coefficient (Wildman–Crippen LogP) is 1.36. The van der Waals surface area contributed by atoms with E-state index in [0.717, 1.165) is 24.0 Å². The summed E-state index contributed by atoms with van der Waals surface area (Å²) in [6, 6.07) is 5.66. The van der Waals surface area contributed by atoms with Crippen molar-refractivity contribution in [2.45, 2.75) is 32.8 Å². The second-order valence-corrected chi connectivity index (χ2v) is 7.78. The molecule has 0 bridgehead atoms. The molecule has 1 N–H and O–H groups in total. The van der Waals surface area contributed by atoms with Gasteiger partial charge in [0, 0.05) is 13.2 Å². The van der Waals surface area contributed by atoms with E-state index < -0.39 is 16.1 Å². The Hall–Kier alpha value is -1.60. The summed E-state index contributed by atoms with van der Waals surface area (Å²) in [7, 11) is -3.43. The summed E-state index contributed by atoms with van der Waals surface area (Å²) in [5, 5.41) is 2.77. The molecule has 0 spiro atoms. The van der Waals surface area contributed by atoms with Crippen molar-refractivity contribution < 1.29 is 17.9 Å². The molecule has 0 radical (unpaired) electrons. The lowest BCUT2D eigenvalue weighted by molar-refractivity contribution is -0.129. The number of para-hydroxylation sites is 1. The van der Waals surface area contributed by atoms with Crippen molar-refractivity contribution >= 4 is 21.6 Å². The van der Waals surface area contributed by atoms with Crippen LogP contribution in [0.3, 0.4) is 0 Å². The summed E-state index contributed by atoms with van der Waals surface area (Å²) in [4.78, 5) is 11.9. The van der Waals surface area contributed by atoms with Gasteiger partial charge in [-0.2, -0.15) is 0 Å². The second kappa shape index (κ2) is 7.31. The van der Waals surface area contributed by atoms with Crippen LogP contribution in [0, 0.1) is 13.8 Å². The van der Waals surface area contributed by atoms with Crippen molar-refractivity contribution in [2.75, 3.05) is 30.3 Å². The van der Waals surface area contributed by atoms with Crippen LogP contribution < -0.4 is 9.62 Å². The minimum absolute atomic E-state index is 0.169. The minimum atomic E-state index is -3.43. The van der Waals surface area contributed by atoms with Crippen LogP contribution in [-0.4, -0.2) is 46.4 Å². The van der Waals surface area contributed by atoms with Gasteiger partial charge >= 0.3 is 0 Å². The monoisotopic (exact) mass is 340 g/mol. The van der Waals surface area contributed by atoms with E-state index in [4.69, 9.17) is 4.74 Å². The molecule has 7 heteroatoms. The first-order valence-corrected chi connectivity index (χ1v) is 9.59. The van der Waals surface area contributed by atoms with E-state index in [1.807, 2.05) is 32.0 Å². The van der Waals surface area contributed by atoms with Gasteiger partial charge in [0.25, 0.3) is 0 Å². The fraction of sp³-hybridized carbons (Fsp3) is 0.562. The fourth-order valence-electron chi connectivity index (χ4n) is 2.82. The molecule has 1 unspecified atom stereocenters. The van der Waals surface area contributed by atoms with Crippen LogP contribution in [0.2, 0.25) is 0 Å². The summed E-state index contributed by atoms with van der Waals surface area (Å²) in [5.41, 5.74) is 2.46. The molecule has 23 heavy (non-hydrogen) atoms. The molecule has 2 rings (SSSR count). The molecule has 1 aliphatic heterocycles. The highest BCUT2D eigenvalue weighted by Crippen LogP contribution is 2.26. The van der Waals surface area contributed by atoms with Crippen molar-refractivity contribution in [3.05, 3.63) is 29.3 Å². The number of hydrogen-bond acceptors (Lipinski definition) is 4. The van der Waals surface area contributed by atoms with Gasteiger partial charge in [-0.1, -0.05) is 18.2 Å². The molecule has 1 atom stereocenters. The van der Waals surface area contributed by atoms with Gasteiger partial charge in [0.15, 0.2) is 0 Å². The maximum Gasteiger partial charge on any atom is 0.249 e. The summed E-state index contributed by atoms with van der Waals surface area (Å²) >= 11 is 0.